The first-order chi connectivity index (χ1) is 7.19. The molecule has 0 unspecified atom stereocenters. The van der Waals surface area contributed by atoms with Crippen LogP contribution in [0.5, 0.6) is 0 Å². The van der Waals surface area contributed by atoms with Crippen LogP contribution in [0.3, 0.4) is 0 Å². The third kappa shape index (κ3) is 2.37. The summed E-state index contributed by atoms with van der Waals surface area (Å²) >= 11 is 9.23. The maximum absolute atomic E-state index is 5.90. The van der Waals surface area contributed by atoms with E-state index in [0.29, 0.717) is 16.7 Å². The van der Waals surface area contributed by atoms with Gasteiger partial charge >= 0.3 is 0 Å². The molecule has 0 aliphatic heterocycles. The van der Waals surface area contributed by atoms with Crippen LogP contribution in [0.15, 0.2) is 27.2 Å². The van der Waals surface area contributed by atoms with Crippen molar-refractivity contribution in [2.45, 2.75) is 6.54 Å². The molecule has 0 aliphatic carbocycles. The van der Waals surface area contributed by atoms with Crippen molar-refractivity contribution in [3.05, 3.63) is 33.5 Å². The minimum atomic E-state index is 0.255. The van der Waals surface area contributed by atoms with Crippen LogP contribution in [0.1, 0.15) is 5.82 Å². The molecule has 0 amide bonds. The van der Waals surface area contributed by atoms with Gasteiger partial charge in [0.1, 0.15) is 0 Å². The fraction of sp³-hybridized carbons (Fsp3) is 0.111. The van der Waals surface area contributed by atoms with Crippen LogP contribution in [0.4, 0.5) is 0 Å². The minimum absolute atomic E-state index is 0.255. The highest BCUT2D eigenvalue weighted by molar-refractivity contribution is 9.10. The Bertz CT molecular complexity index is 466. The van der Waals surface area contributed by atoms with E-state index in [-0.39, 0.29) is 6.54 Å². The van der Waals surface area contributed by atoms with Gasteiger partial charge in [0.05, 0.1) is 6.54 Å². The predicted octanol–water partition coefficient (Wildman–Crippen LogP) is 2.61. The zero-order valence-electron chi connectivity index (χ0n) is 7.58. The van der Waals surface area contributed by atoms with E-state index in [2.05, 4.69) is 26.1 Å². The van der Waals surface area contributed by atoms with Gasteiger partial charge in [-0.25, -0.2) is 0 Å². The number of rotatable bonds is 2. The molecular weight excluding hydrogens is 281 g/mol. The first kappa shape index (κ1) is 10.6. The van der Waals surface area contributed by atoms with E-state index in [1.807, 2.05) is 6.07 Å². The molecule has 4 nitrogen and oxygen atoms in total. The molecule has 0 spiro atoms. The molecule has 78 valence electrons. The Morgan fingerprint density at radius 2 is 2.20 bits per heavy atom. The molecule has 6 heteroatoms. The number of benzene rings is 1. The van der Waals surface area contributed by atoms with E-state index < -0.39 is 0 Å². The molecule has 1 aromatic heterocycles. The highest BCUT2D eigenvalue weighted by atomic mass is 79.9. The van der Waals surface area contributed by atoms with Crippen LogP contribution < -0.4 is 5.73 Å². The molecule has 0 saturated carbocycles. The monoisotopic (exact) mass is 287 g/mol. The summed E-state index contributed by atoms with van der Waals surface area (Å²) in [6.07, 6.45) is 0. The van der Waals surface area contributed by atoms with Crippen LogP contribution in [0.2, 0.25) is 5.02 Å². The zero-order chi connectivity index (χ0) is 10.8. The Kier molecular flexibility index (Phi) is 3.04. The van der Waals surface area contributed by atoms with Gasteiger partial charge < -0.3 is 10.3 Å². The van der Waals surface area contributed by atoms with E-state index in [4.69, 9.17) is 21.9 Å². The molecule has 2 aromatic rings. The van der Waals surface area contributed by atoms with Crippen molar-refractivity contribution in [3.8, 4) is 11.5 Å². The van der Waals surface area contributed by atoms with Crippen molar-refractivity contribution in [1.82, 2.24) is 10.1 Å². The van der Waals surface area contributed by atoms with E-state index in [1.54, 1.807) is 12.1 Å². The quantitative estimate of drug-likeness (QED) is 0.922. The van der Waals surface area contributed by atoms with Gasteiger partial charge in [0, 0.05) is 15.1 Å². The van der Waals surface area contributed by atoms with Crippen molar-refractivity contribution in [2.75, 3.05) is 0 Å². The molecule has 2 rings (SSSR count). The second kappa shape index (κ2) is 4.30. The van der Waals surface area contributed by atoms with E-state index in [1.165, 1.54) is 0 Å². The number of halogens is 2. The van der Waals surface area contributed by atoms with Crippen molar-refractivity contribution >= 4 is 27.5 Å². The second-order valence-electron chi connectivity index (χ2n) is 2.88. The lowest BCUT2D eigenvalue weighted by Gasteiger charge is -1.96. The van der Waals surface area contributed by atoms with Gasteiger partial charge in [0.25, 0.3) is 5.89 Å². The highest BCUT2D eigenvalue weighted by Gasteiger charge is 2.08. The summed E-state index contributed by atoms with van der Waals surface area (Å²) in [5, 5.41) is 4.30. The topological polar surface area (TPSA) is 64.9 Å². The highest BCUT2D eigenvalue weighted by Crippen LogP contribution is 2.26. The number of nitrogens with two attached hydrogens (primary N) is 1. The van der Waals surface area contributed by atoms with Crippen molar-refractivity contribution in [2.24, 2.45) is 5.73 Å². The maximum atomic E-state index is 5.90. The van der Waals surface area contributed by atoms with E-state index >= 15 is 0 Å². The van der Waals surface area contributed by atoms with Crippen LogP contribution in [-0.2, 0) is 6.54 Å². The number of aromatic nitrogens is 2. The summed E-state index contributed by atoms with van der Waals surface area (Å²) in [5.41, 5.74) is 6.15. The Balaban J connectivity index is 2.44. The van der Waals surface area contributed by atoms with E-state index in [9.17, 15) is 0 Å². The summed E-state index contributed by atoms with van der Waals surface area (Å²) in [4.78, 5) is 4.10. The van der Waals surface area contributed by atoms with Gasteiger partial charge in [-0.15, -0.1) is 0 Å². The lowest BCUT2D eigenvalue weighted by atomic mass is 10.2. The van der Waals surface area contributed by atoms with Crippen molar-refractivity contribution in [3.63, 3.8) is 0 Å². The average Bonchev–Trinajstić information content (AvgIpc) is 2.64. The summed E-state index contributed by atoms with van der Waals surface area (Å²) in [5.74, 6) is 0.889. The normalized spacial score (nSPS) is 10.6. The molecule has 0 saturated heterocycles. The molecule has 15 heavy (non-hydrogen) atoms. The second-order valence-corrected chi connectivity index (χ2v) is 4.23. The number of hydrogen-bond donors (Lipinski definition) is 1. The molecule has 1 aromatic carbocycles. The van der Waals surface area contributed by atoms with Gasteiger partial charge in [0.15, 0.2) is 5.82 Å². The molecule has 0 atom stereocenters. The molecule has 0 radical (unpaired) electrons. The minimum Gasteiger partial charge on any atom is -0.334 e. The number of hydrogen-bond acceptors (Lipinski definition) is 4. The maximum Gasteiger partial charge on any atom is 0.258 e. The zero-order valence-corrected chi connectivity index (χ0v) is 9.92. The Morgan fingerprint density at radius 3 is 2.80 bits per heavy atom. The lowest BCUT2D eigenvalue weighted by molar-refractivity contribution is 0.423. The van der Waals surface area contributed by atoms with Crippen molar-refractivity contribution in [1.29, 1.82) is 0 Å². The molecule has 2 N–H and O–H groups in total. The average molecular weight is 289 g/mol. The third-order valence-electron chi connectivity index (χ3n) is 1.76. The fourth-order valence-corrected chi connectivity index (χ4v) is 1.99. The third-order valence-corrected chi connectivity index (χ3v) is 2.44. The van der Waals surface area contributed by atoms with Crippen LogP contribution in [-0.4, -0.2) is 10.1 Å². The molecule has 0 fully saturated rings. The summed E-state index contributed by atoms with van der Waals surface area (Å²) < 4.78 is 5.89. The molecule has 0 bridgehead atoms. The predicted molar refractivity (Wildman–Crippen MR) is 60.3 cm³/mol. The first-order valence-electron chi connectivity index (χ1n) is 4.18. The molecule has 1 heterocycles. The molecule has 0 aliphatic rings. The van der Waals surface area contributed by atoms with Gasteiger partial charge in [-0.2, -0.15) is 4.98 Å². The smallest absolute Gasteiger partial charge is 0.258 e. The first-order valence-corrected chi connectivity index (χ1v) is 5.35. The van der Waals surface area contributed by atoms with Crippen molar-refractivity contribution < 1.29 is 4.52 Å². The Labute approximate surface area is 99.5 Å². The Hall–Kier alpha value is -0.910. The summed E-state index contributed by atoms with van der Waals surface area (Å²) in [7, 11) is 0. The van der Waals surface area contributed by atoms with Gasteiger partial charge in [-0.1, -0.05) is 32.7 Å². The van der Waals surface area contributed by atoms with Crippen LogP contribution >= 0.6 is 27.5 Å². The van der Waals surface area contributed by atoms with E-state index in [0.717, 1.165) is 10.0 Å². The van der Waals surface area contributed by atoms with Crippen LogP contribution in [0, 0.1) is 0 Å². The lowest BCUT2D eigenvalue weighted by Crippen LogP contribution is -1.97. The number of nitrogens with zero attached hydrogens (tertiary/aromatic N) is 2. The summed E-state index contributed by atoms with van der Waals surface area (Å²) in [6.45, 7) is 0.255. The van der Waals surface area contributed by atoms with Gasteiger partial charge in [0.2, 0.25) is 0 Å². The van der Waals surface area contributed by atoms with Gasteiger partial charge in [-0.3, -0.25) is 0 Å². The largest absolute Gasteiger partial charge is 0.334 e. The summed E-state index contributed by atoms with van der Waals surface area (Å²) in [6, 6.07) is 5.38. The fourth-order valence-electron chi connectivity index (χ4n) is 1.13. The standard InChI is InChI=1S/C9H7BrClN3O/c10-6-1-5(2-7(11)3-6)9-13-8(4-12)14-15-9/h1-3H,4,12H2. The van der Waals surface area contributed by atoms with Crippen LogP contribution in [0.25, 0.3) is 11.5 Å². The van der Waals surface area contributed by atoms with Gasteiger partial charge in [-0.05, 0) is 18.2 Å². The molecular formula is C9H7BrClN3O. The Morgan fingerprint density at radius 1 is 1.40 bits per heavy atom. The SMILES string of the molecule is NCc1noc(-c2cc(Cl)cc(Br)c2)n1.